The molecule has 0 aliphatic carbocycles. The molecule has 0 saturated carbocycles. The maximum absolute atomic E-state index is 11.2. The second kappa shape index (κ2) is 6.45. The van der Waals surface area contributed by atoms with E-state index >= 15 is 0 Å². The predicted molar refractivity (Wildman–Crippen MR) is 99.9 cm³/mol. The van der Waals surface area contributed by atoms with E-state index in [0.717, 1.165) is 11.1 Å². The number of anilines is 1. The number of nitrogens with two attached hydrogens (primary N) is 1. The van der Waals surface area contributed by atoms with Crippen molar-refractivity contribution in [3.8, 4) is 11.3 Å². The molecular weight excluding hydrogens is 346 g/mol. The number of nitro groups is 1. The smallest absolute Gasteiger partial charge is 0.272 e. The van der Waals surface area contributed by atoms with E-state index in [4.69, 9.17) is 5.73 Å². The fraction of sp³-hybridized carbons (Fsp3) is 0.111. The summed E-state index contributed by atoms with van der Waals surface area (Å²) in [6, 6.07) is 14.6. The van der Waals surface area contributed by atoms with Crippen LogP contribution in [0.25, 0.3) is 22.4 Å². The number of hydrogen-bond acceptors (Lipinski definition) is 7. The highest BCUT2D eigenvalue weighted by Crippen LogP contribution is 2.26. The summed E-state index contributed by atoms with van der Waals surface area (Å²) in [4.78, 5) is 19.3. The van der Waals surface area contributed by atoms with E-state index in [-0.39, 0.29) is 18.2 Å². The SMILES string of the molecule is Cc1ccc(Cn2nnc3c(-c4ccccc4)nc(N)nc32)cc1[N+](=O)[O-]. The van der Waals surface area contributed by atoms with Crippen LogP contribution in [0.15, 0.2) is 48.5 Å². The van der Waals surface area contributed by atoms with Crippen LogP contribution in [-0.4, -0.2) is 29.9 Å². The van der Waals surface area contributed by atoms with Gasteiger partial charge in [0.25, 0.3) is 5.69 Å². The zero-order chi connectivity index (χ0) is 19.0. The molecule has 0 amide bonds. The molecule has 2 N–H and O–H groups in total. The highest BCUT2D eigenvalue weighted by Gasteiger charge is 2.17. The molecule has 0 unspecified atom stereocenters. The molecule has 0 aliphatic rings. The maximum atomic E-state index is 11.2. The summed E-state index contributed by atoms with van der Waals surface area (Å²) in [6.07, 6.45) is 0. The van der Waals surface area contributed by atoms with Gasteiger partial charge in [-0.1, -0.05) is 47.7 Å². The first-order chi connectivity index (χ1) is 13.0. The maximum Gasteiger partial charge on any atom is 0.272 e. The average molecular weight is 361 g/mol. The van der Waals surface area contributed by atoms with Gasteiger partial charge in [-0.05, 0) is 12.5 Å². The lowest BCUT2D eigenvalue weighted by atomic mass is 10.1. The Balaban J connectivity index is 1.80. The quantitative estimate of drug-likeness (QED) is 0.437. The Labute approximate surface area is 153 Å². The minimum absolute atomic E-state index is 0.0658. The van der Waals surface area contributed by atoms with Crippen LogP contribution in [0.3, 0.4) is 0 Å². The highest BCUT2D eigenvalue weighted by molar-refractivity contribution is 5.87. The van der Waals surface area contributed by atoms with Crippen molar-refractivity contribution in [2.45, 2.75) is 13.5 Å². The van der Waals surface area contributed by atoms with E-state index < -0.39 is 4.92 Å². The van der Waals surface area contributed by atoms with Gasteiger partial charge in [0, 0.05) is 17.2 Å². The lowest BCUT2D eigenvalue weighted by Gasteiger charge is -2.06. The minimum Gasteiger partial charge on any atom is -0.368 e. The first-order valence-electron chi connectivity index (χ1n) is 8.19. The molecule has 0 aliphatic heterocycles. The Morgan fingerprint density at radius 3 is 2.67 bits per heavy atom. The van der Waals surface area contributed by atoms with Gasteiger partial charge in [-0.3, -0.25) is 10.1 Å². The van der Waals surface area contributed by atoms with Crippen molar-refractivity contribution in [2.75, 3.05) is 5.73 Å². The fourth-order valence-corrected chi connectivity index (χ4v) is 2.90. The number of nitrogens with zero attached hydrogens (tertiary/aromatic N) is 6. The van der Waals surface area contributed by atoms with E-state index in [1.54, 1.807) is 17.7 Å². The van der Waals surface area contributed by atoms with Crippen LogP contribution in [0, 0.1) is 17.0 Å². The second-order valence-corrected chi connectivity index (χ2v) is 6.09. The normalized spacial score (nSPS) is 11.0. The molecule has 2 aromatic heterocycles. The summed E-state index contributed by atoms with van der Waals surface area (Å²) in [5.41, 5.74) is 9.73. The second-order valence-electron chi connectivity index (χ2n) is 6.09. The third-order valence-corrected chi connectivity index (χ3v) is 4.23. The minimum atomic E-state index is -0.397. The summed E-state index contributed by atoms with van der Waals surface area (Å²) in [5.74, 6) is 0.111. The highest BCUT2D eigenvalue weighted by atomic mass is 16.6. The standard InChI is InChI=1S/C18H15N7O2/c1-11-7-8-12(9-14(11)25(26)27)10-24-17-16(22-23-24)15(20-18(19)21-17)13-5-3-2-4-6-13/h2-9H,10H2,1H3,(H2,19,20,21). The number of benzene rings is 2. The molecule has 0 radical (unpaired) electrons. The Bertz CT molecular complexity index is 1160. The van der Waals surface area contributed by atoms with E-state index in [9.17, 15) is 10.1 Å². The Hall–Kier alpha value is -3.88. The Morgan fingerprint density at radius 1 is 1.15 bits per heavy atom. The fourth-order valence-electron chi connectivity index (χ4n) is 2.90. The van der Waals surface area contributed by atoms with Gasteiger partial charge in [0.05, 0.1) is 11.5 Å². The predicted octanol–water partition coefficient (Wildman–Crippen LogP) is 2.74. The van der Waals surface area contributed by atoms with Crippen molar-refractivity contribution in [1.82, 2.24) is 25.0 Å². The molecule has 9 heteroatoms. The zero-order valence-corrected chi connectivity index (χ0v) is 14.4. The molecule has 9 nitrogen and oxygen atoms in total. The molecule has 2 aromatic carbocycles. The summed E-state index contributed by atoms with van der Waals surface area (Å²) < 4.78 is 1.56. The van der Waals surface area contributed by atoms with Crippen LogP contribution in [-0.2, 0) is 6.54 Å². The lowest BCUT2D eigenvalue weighted by molar-refractivity contribution is -0.385. The van der Waals surface area contributed by atoms with Gasteiger partial charge in [0.15, 0.2) is 11.2 Å². The van der Waals surface area contributed by atoms with Crippen LogP contribution >= 0.6 is 0 Å². The van der Waals surface area contributed by atoms with Crippen molar-refractivity contribution >= 4 is 22.8 Å². The Morgan fingerprint density at radius 2 is 1.93 bits per heavy atom. The molecule has 2 heterocycles. The number of rotatable bonds is 4. The van der Waals surface area contributed by atoms with Crippen molar-refractivity contribution < 1.29 is 4.92 Å². The molecule has 0 atom stereocenters. The molecule has 0 fully saturated rings. The summed E-state index contributed by atoms with van der Waals surface area (Å²) >= 11 is 0. The van der Waals surface area contributed by atoms with Crippen LogP contribution < -0.4 is 5.73 Å². The molecule has 27 heavy (non-hydrogen) atoms. The molecular formula is C18H15N7O2. The van der Waals surface area contributed by atoms with Gasteiger partial charge in [-0.2, -0.15) is 4.98 Å². The van der Waals surface area contributed by atoms with Gasteiger partial charge in [-0.25, -0.2) is 9.67 Å². The largest absolute Gasteiger partial charge is 0.368 e. The van der Waals surface area contributed by atoms with E-state index in [1.807, 2.05) is 36.4 Å². The summed E-state index contributed by atoms with van der Waals surface area (Å²) in [7, 11) is 0. The van der Waals surface area contributed by atoms with Gasteiger partial charge in [0.2, 0.25) is 5.95 Å². The first kappa shape index (κ1) is 16.6. The summed E-state index contributed by atoms with van der Waals surface area (Å²) in [5, 5.41) is 19.5. The number of aromatic nitrogens is 5. The zero-order valence-electron chi connectivity index (χ0n) is 14.4. The number of fused-ring (bicyclic) bond motifs is 1. The lowest BCUT2D eigenvalue weighted by Crippen LogP contribution is -2.06. The van der Waals surface area contributed by atoms with E-state index in [2.05, 4.69) is 20.3 Å². The van der Waals surface area contributed by atoms with Gasteiger partial charge in [-0.15, -0.1) is 5.10 Å². The van der Waals surface area contributed by atoms with Crippen molar-refractivity contribution in [3.63, 3.8) is 0 Å². The van der Waals surface area contributed by atoms with Crippen LogP contribution in [0.1, 0.15) is 11.1 Å². The van der Waals surface area contributed by atoms with Crippen LogP contribution in [0.5, 0.6) is 0 Å². The average Bonchev–Trinajstić information content (AvgIpc) is 3.05. The third-order valence-electron chi connectivity index (χ3n) is 4.23. The summed E-state index contributed by atoms with van der Waals surface area (Å²) in [6.45, 7) is 1.98. The molecule has 134 valence electrons. The van der Waals surface area contributed by atoms with Crippen LogP contribution in [0.4, 0.5) is 11.6 Å². The monoisotopic (exact) mass is 361 g/mol. The molecule has 0 bridgehead atoms. The van der Waals surface area contributed by atoms with Gasteiger partial charge in [0.1, 0.15) is 5.69 Å². The van der Waals surface area contributed by atoms with E-state index in [1.165, 1.54) is 6.07 Å². The number of nitrogen functional groups attached to an aromatic ring is 1. The molecule has 0 saturated heterocycles. The number of aryl methyl sites for hydroxylation is 1. The van der Waals surface area contributed by atoms with E-state index in [0.29, 0.717) is 22.4 Å². The van der Waals surface area contributed by atoms with Crippen LogP contribution in [0.2, 0.25) is 0 Å². The molecule has 4 rings (SSSR count). The van der Waals surface area contributed by atoms with Crippen molar-refractivity contribution in [1.29, 1.82) is 0 Å². The third kappa shape index (κ3) is 3.06. The first-order valence-corrected chi connectivity index (χ1v) is 8.19. The topological polar surface area (TPSA) is 126 Å². The number of nitro benzene ring substituents is 1. The van der Waals surface area contributed by atoms with Gasteiger partial charge >= 0.3 is 0 Å². The Kier molecular flexibility index (Phi) is 3.96. The number of hydrogen-bond donors (Lipinski definition) is 1. The van der Waals surface area contributed by atoms with Crippen molar-refractivity contribution in [2.24, 2.45) is 0 Å². The van der Waals surface area contributed by atoms with Gasteiger partial charge < -0.3 is 5.73 Å². The molecule has 0 spiro atoms. The molecule has 4 aromatic rings. The van der Waals surface area contributed by atoms with Crippen molar-refractivity contribution in [3.05, 3.63) is 69.8 Å².